The summed E-state index contributed by atoms with van der Waals surface area (Å²) in [7, 11) is 0. The predicted molar refractivity (Wildman–Crippen MR) is 85.4 cm³/mol. The van der Waals surface area contributed by atoms with Crippen LogP contribution in [-0.4, -0.2) is 22.2 Å². The zero-order valence-electron chi connectivity index (χ0n) is 13.2. The Hall–Kier alpha value is -2.02. The van der Waals surface area contributed by atoms with Gasteiger partial charge < -0.3 is 5.32 Å². The highest BCUT2D eigenvalue weighted by Gasteiger charge is 2.40. The highest BCUT2D eigenvalue weighted by Crippen LogP contribution is 2.34. The van der Waals surface area contributed by atoms with Gasteiger partial charge in [0.1, 0.15) is 0 Å². The van der Waals surface area contributed by atoms with Crippen LogP contribution in [0.4, 0.5) is 13.2 Å². The van der Waals surface area contributed by atoms with Crippen LogP contribution >= 0.6 is 11.6 Å². The molecule has 8 heteroatoms. The first-order chi connectivity index (χ1) is 11.2. The molecule has 0 unspecified atom stereocenters. The number of amides is 1. The molecule has 1 aromatic carbocycles. The number of benzene rings is 1. The molecule has 2 aromatic rings. The maximum Gasteiger partial charge on any atom is 0.434 e. The molecule has 0 aliphatic heterocycles. The van der Waals surface area contributed by atoms with Crippen LogP contribution in [0.15, 0.2) is 30.5 Å². The van der Waals surface area contributed by atoms with Crippen molar-refractivity contribution in [2.45, 2.75) is 26.4 Å². The summed E-state index contributed by atoms with van der Waals surface area (Å²) < 4.78 is 41.1. The molecule has 130 valence electrons. The van der Waals surface area contributed by atoms with E-state index in [4.69, 9.17) is 11.6 Å². The number of carbonyl (C=O) groups excluding carboxylic acids is 1. The molecule has 0 spiro atoms. The highest BCUT2D eigenvalue weighted by atomic mass is 35.5. The smallest absolute Gasteiger partial charge is 0.352 e. The largest absolute Gasteiger partial charge is 0.434 e. The molecule has 0 aliphatic carbocycles. The molecule has 0 saturated carbocycles. The maximum atomic E-state index is 13.5. The first-order valence-corrected chi connectivity index (χ1v) is 7.77. The van der Waals surface area contributed by atoms with Crippen LogP contribution in [0, 0.1) is 5.92 Å². The van der Waals surface area contributed by atoms with Crippen LogP contribution in [-0.2, 0) is 6.18 Å². The second-order valence-corrected chi connectivity index (χ2v) is 6.17. The minimum Gasteiger partial charge on any atom is -0.352 e. The quantitative estimate of drug-likeness (QED) is 0.864. The summed E-state index contributed by atoms with van der Waals surface area (Å²) in [5.41, 5.74) is -1.49. The monoisotopic (exact) mass is 359 g/mol. The number of nitrogens with zero attached hydrogens (tertiary/aromatic N) is 2. The lowest BCUT2D eigenvalue weighted by atomic mass is 10.1. The van der Waals surface area contributed by atoms with E-state index >= 15 is 0 Å². The topological polar surface area (TPSA) is 46.9 Å². The van der Waals surface area contributed by atoms with Crippen LogP contribution in [0.25, 0.3) is 5.69 Å². The molecule has 0 aliphatic rings. The van der Waals surface area contributed by atoms with E-state index in [1.165, 1.54) is 18.2 Å². The van der Waals surface area contributed by atoms with Crippen molar-refractivity contribution in [1.82, 2.24) is 15.1 Å². The van der Waals surface area contributed by atoms with Crippen molar-refractivity contribution in [2.75, 3.05) is 6.54 Å². The van der Waals surface area contributed by atoms with E-state index in [1.807, 2.05) is 13.8 Å². The van der Waals surface area contributed by atoms with E-state index in [9.17, 15) is 18.0 Å². The Balaban J connectivity index is 2.38. The van der Waals surface area contributed by atoms with Gasteiger partial charge in [0, 0.05) is 11.6 Å². The number of rotatable bonds is 5. The normalized spacial score (nSPS) is 11.8. The summed E-state index contributed by atoms with van der Waals surface area (Å²) in [6.45, 7) is 4.23. The van der Waals surface area contributed by atoms with Crippen LogP contribution in [0.2, 0.25) is 5.02 Å². The standard InChI is InChI=1S/C16H17ClF3N3O/c1-10(2)6-7-21-15(24)13-9-22-23(14(13)16(18,19)20)12-5-3-4-11(17)8-12/h3-5,8-10H,6-7H2,1-2H3,(H,21,24). The van der Waals surface area contributed by atoms with Gasteiger partial charge in [0.15, 0.2) is 5.69 Å². The molecule has 0 fully saturated rings. The van der Waals surface area contributed by atoms with Crippen molar-refractivity contribution in [3.63, 3.8) is 0 Å². The van der Waals surface area contributed by atoms with Gasteiger partial charge in [0.25, 0.3) is 5.91 Å². The van der Waals surface area contributed by atoms with Gasteiger partial charge in [-0.25, -0.2) is 4.68 Å². The van der Waals surface area contributed by atoms with E-state index < -0.39 is 23.3 Å². The molecule has 1 amide bonds. The van der Waals surface area contributed by atoms with Gasteiger partial charge in [0.2, 0.25) is 0 Å². The Morgan fingerprint density at radius 3 is 2.67 bits per heavy atom. The Kier molecular flexibility index (Phi) is 5.54. The Morgan fingerprint density at radius 2 is 2.08 bits per heavy atom. The summed E-state index contributed by atoms with van der Waals surface area (Å²) in [6, 6.07) is 5.85. The third kappa shape index (κ3) is 4.29. The minimum atomic E-state index is -4.73. The molecule has 1 N–H and O–H groups in total. The van der Waals surface area contributed by atoms with Crippen molar-refractivity contribution in [3.05, 3.63) is 46.7 Å². The van der Waals surface area contributed by atoms with Crippen molar-refractivity contribution >= 4 is 17.5 Å². The van der Waals surface area contributed by atoms with Crippen LogP contribution in [0.5, 0.6) is 0 Å². The van der Waals surface area contributed by atoms with E-state index in [0.29, 0.717) is 23.6 Å². The average Bonchev–Trinajstić information content (AvgIpc) is 2.91. The number of alkyl halides is 3. The molecule has 0 saturated heterocycles. The molecular weight excluding hydrogens is 343 g/mol. The fourth-order valence-corrected chi connectivity index (χ4v) is 2.35. The number of hydrogen-bond donors (Lipinski definition) is 1. The lowest BCUT2D eigenvalue weighted by molar-refractivity contribution is -0.143. The molecule has 0 bridgehead atoms. The molecule has 0 radical (unpaired) electrons. The van der Waals surface area contributed by atoms with Gasteiger partial charge in [0.05, 0.1) is 17.4 Å². The lowest BCUT2D eigenvalue weighted by Crippen LogP contribution is -2.28. The van der Waals surface area contributed by atoms with E-state index in [0.717, 1.165) is 6.20 Å². The average molecular weight is 360 g/mol. The lowest BCUT2D eigenvalue weighted by Gasteiger charge is -2.13. The third-order valence-electron chi connectivity index (χ3n) is 3.34. The van der Waals surface area contributed by atoms with Crippen molar-refractivity contribution < 1.29 is 18.0 Å². The first kappa shape index (κ1) is 18.3. The molecule has 4 nitrogen and oxygen atoms in total. The molecule has 24 heavy (non-hydrogen) atoms. The summed E-state index contributed by atoms with van der Waals surface area (Å²) in [4.78, 5) is 12.1. The number of nitrogens with one attached hydrogen (secondary N) is 1. The van der Waals surface area contributed by atoms with Gasteiger partial charge in [-0.15, -0.1) is 0 Å². The first-order valence-electron chi connectivity index (χ1n) is 7.39. The van der Waals surface area contributed by atoms with Crippen LogP contribution in [0.1, 0.15) is 36.3 Å². The molecular formula is C16H17ClF3N3O. The Labute approximate surface area is 142 Å². The summed E-state index contributed by atoms with van der Waals surface area (Å²) in [5.74, 6) is -0.460. The second-order valence-electron chi connectivity index (χ2n) is 5.73. The SMILES string of the molecule is CC(C)CCNC(=O)c1cnn(-c2cccc(Cl)c2)c1C(F)(F)F. The second kappa shape index (κ2) is 7.25. The highest BCUT2D eigenvalue weighted by molar-refractivity contribution is 6.30. The number of halogens is 4. The summed E-state index contributed by atoms with van der Waals surface area (Å²) in [5, 5.41) is 6.51. The van der Waals surface area contributed by atoms with Crippen LogP contribution in [0.3, 0.4) is 0 Å². The van der Waals surface area contributed by atoms with E-state index in [1.54, 1.807) is 6.07 Å². The van der Waals surface area contributed by atoms with Crippen molar-refractivity contribution in [1.29, 1.82) is 0 Å². The zero-order valence-corrected chi connectivity index (χ0v) is 13.9. The molecule has 0 atom stereocenters. The van der Waals surface area contributed by atoms with E-state index in [2.05, 4.69) is 10.4 Å². The van der Waals surface area contributed by atoms with Gasteiger partial charge in [-0.3, -0.25) is 4.79 Å². The predicted octanol–water partition coefficient (Wildman–Crippen LogP) is 4.32. The Morgan fingerprint density at radius 1 is 1.38 bits per heavy atom. The van der Waals surface area contributed by atoms with Crippen molar-refractivity contribution in [2.24, 2.45) is 5.92 Å². The number of aromatic nitrogens is 2. The zero-order chi connectivity index (χ0) is 17.9. The van der Waals surface area contributed by atoms with Gasteiger partial charge in [-0.05, 0) is 30.5 Å². The van der Waals surface area contributed by atoms with Crippen LogP contribution < -0.4 is 5.32 Å². The van der Waals surface area contributed by atoms with Gasteiger partial charge >= 0.3 is 6.18 Å². The Bertz CT molecular complexity index is 726. The number of carbonyl (C=O) groups is 1. The molecule has 1 heterocycles. The summed E-state index contributed by atoms with van der Waals surface area (Å²) in [6.07, 6.45) is -3.13. The van der Waals surface area contributed by atoms with Gasteiger partial charge in [-0.2, -0.15) is 18.3 Å². The molecule has 2 rings (SSSR count). The molecule has 1 aromatic heterocycles. The van der Waals surface area contributed by atoms with Gasteiger partial charge in [-0.1, -0.05) is 31.5 Å². The van der Waals surface area contributed by atoms with E-state index in [-0.39, 0.29) is 10.7 Å². The number of hydrogen-bond acceptors (Lipinski definition) is 2. The minimum absolute atomic E-state index is 0.135. The fourth-order valence-electron chi connectivity index (χ4n) is 2.16. The third-order valence-corrected chi connectivity index (χ3v) is 3.58. The summed E-state index contributed by atoms with van der Waals surface area (Å²) >= 11 is 5.83. The maximum absolute atomic E-state index is 13.5. The van der Waals surface area contributed by atoms with Crippen molar-refractivity contribution in [3.8, 4) is 5.69 Å². The fraction of sp³-hybridized carbons (Fsp3) is 0.375.